The smallest absolute Gasteiger partial charge is 0.288 e. The molecule has 10 rings (SSSR count). The van der Waals surface area contributed by atoms with E-state index < -0.39 is 16.6 Å². The zero-order valence-corrected chi connectivity index (χ0v) is 41.1. The molecule has 0 saturated heterocycles. The maximum absolute atomic E-state index is 13.0. The van der Waals surface area contributed by atoms with Crippen molar-refractivity contribution in [3.63, 3.8) is 0 Å². The lowest BCUT2D eigenvalue weighted by Crippen LogP contribution is -2.70. The lowest BCUT2D eigenvalue weighted by Gasteiger charge is -2.36. The summed E-state index contributed by atoms with van der Waals surface area (Å²) in [5.74, 6) is -0.501. The molecule has 346 valence electrons. The van der Waals surface area contributed by atoms with Gasteiger partial charge < -0.3 is 13.8 Å². The third-order valence-corrected chi connectivity index (χ3v) is 21.2. The molecule has 1 aliphatic carbocycles. The van der Waals surface area contributed by atoms with Crippen molar-refractivity contribution in [2.45, 2.75) is 0 Å². The van der Waals surface area contributed by atoms with Crippen molar-refractivity contribution in [1.29, 1.82) is 0 Å². The summed E-state index contributed by atoms with van der Waals surface area (Å²) in [5.41, 5.74) is 4.14. The van der Waals surface area contributed by atoms with E-state index in [1.807, 2.05) is 36.4 Å². The van der Waals surface area contributed by atoms with Gasteiger partial charge in [0.2, 0.25) is 0 Å². The molecule has 9 aromatic rings. The van der Waals surface area contributed by atoms with Crippen molar-refractivity contribution < 1.29 is 18.4 Å². The molecular weight excluding hydrogens is 907 g/mol. The zero-order chi connectivity index (χ0) is 48.3. The highest BCUT2D eigenvalue weighted by molar-refractivity contribution is 7.07. The van der Waals surface area contributed by atoms with Gasteiger partial charge in [-0.3, -0.25) is 9.59 Å². The van der Waals surface area contributed by atoms with E-state index in [1.165, 1.54) is 31.1 Å². The Morgan fingerprint density at radius 1 is 0.366 bits per heavy atom. The molecule has 0 unspecified atom stereocenters. The van der Waals surface area contributed by atoms with E-state index in [1.54, 1.807) is 30.3 Å². The summed E-state index contributed by atoms with van der Waals surface area (Å²) in [6.45, 7) is 2.08. The molecular formula is C62H51N3O4Si2. The molecule has 0 N–H and O–H groups in total. The van der Waals surface area contributed by atoms with Crippen LogP contribution in [0, 0.1) is 0 Å². The summed E-state index contributed by atoms with van der Waals surface area (Å²) in [7, 11) is -5.96. The molecule has 0 amide bonds. The van der Waals surface area contributed by atoms with Gasteiger partial charge in [-0.15, -0.1) is 0 Å². The molecule has 71 heavy (non-hydrogen) atoms. The first kappa shape index (κ1) is 46.5. The van der Waals surface area contributed by atoms with Gasteiger partial charge in [-0.2, -0.15) is 10.2 Å². The molecule has 9 heteroatoms. The number of nitrogens with zero attached hydrogens (tertiary/aromatic N) is 3. The quantitative estimate of drug-likeness (QED) is 0.0282. The second-order valence-electron chi connectivity index (χ2n) is 17.3. The highest BCUT2D eigenvalue weighted by atomic mass is 28.4. The van der Waals surface area contributed by atoms with E-state index in [0.717, 1.165) is 11.3 Å². The highest BCUT2D eigenvalue weighted by Crippen LogP contribution is 2.29. The van der Waals surface area contributed by atoms with Crippen molar-refractivity contribution in [2.75, 3.05) is 31.2 Å². The predicted octanol–water partition coefficient (Wildman–Crippen LogP) is 9.74. The number of rotatable bonds is 18. The van der Waals surface area contributed by atoms with E-state index in [2.05, 4.69) is 209 Å². The van der Waals surface area contributed by atoms with Crippen LogP contribution in [0.25, 0.3) is 6.08 Å². The summed E-state index contributed by atoms with van der Waals surface area (Å²) >= 11 is 0. The van der Waals surface area contributed by atoms with E-state index >= 15 is 0 Å². The molecule has 0 bridgehead atoms. The third kappa shape index (κ3) is 9.85. The number of allylic oxidation sites excluding steroid dienone is 1. The van der Waals surface area contributed by atoms with E-state index in [-0.39, 0.29) is 17.1 Å². The molecule has 7 nitrogen and oxygen atoms in total. The van der Waals surface area contributed by atoms with Gasteiger partial charge in [-0.25, -0.2) is 0 Å². The maximum atomic E-state index is 13.0. The van der Waals surface area contributed by atoms with Gasteiger partial charge in [0.25, 0.3) is 16.6 Å². The highest BCUT2D eigenvalue weighted by Gasteiger charge is 2.43. The molecule has 0 spiro atoms. The minimum Gasteiger partial charge on any atom is -0.402 e. The Morgan fingerprint density at radius 3 is 0.986 bits per heavy atom. The summed E-state index contributed by atoms with van der Waals surface area (Å²) in [5, 5.41) is 16.2. The number of carbonyl (C=O) groups excluding carboxylic acids is 2. The van der Waals surface area contributed by atoms with Crippen LogP contribution in [0.2, 0.25) is 0 Å². The largest absolute Gasteiger partial charge is 0.402 e. The third-order valence-electron chi connectivity index (χ3n) is 13.0. The molecule has 1 aliphatic rings. The lowest BCUT2D eigenvalue weighted by atomic mass is 10.1. The number of azo groups is 1. The van der Waals surface area contributed by atoms with Crippen molar-refractivity contribution >= 4 is 82.5 Å². The van der Waals surface area contributed by atoms with Crippen LogP contribution in [0.3, 0.4) is 0 Å². The first-order chi connectivity index (χ1) is 35.0. The fourth-order valence-electron chi connectivity index (χ4n) is 9.58. The van der Waals surface area contributed by atoms with Crippen molar-refractivity contribution in [2.24, 2.45) is 10.2 Å². The number of ketones is 2. The number of hydrogen-bond acceptors (Lipinski definition) is 7. The minimum atomic E-state index is -2.98. The van der Waals surface area contributed by atoms with Gasteiger partial charge in [0, 0.05) is 29.9 Å². The van der Waals surface area contributed by atoms with Gasteiger partial charge in [-0.1, -0.05) is 218 Å². The number of anilines is 1. The zero-order valence-electron chi connectivity index (χ0n) is 39.1. The lowest BCUT2D eigenvalue weighted by molar-refractivity contribution is 0.0990. The second kappa shape index (κ2) is 21.6. The number of hydrogen-bond donors (Lipinski definition) is 0. The fraction of sp³-hybridized carbons (Fsp3) is 0.0645. The average Bonchev–Trinajstić information content (AvgIpc) is 3.68. The van der Waals surface area contributed by atoms with Crippen molar-refractivity contribution in [1.82, 2.24) is 0 Å². The Morgan fingerprint density at radius 2 is 0.662 bits per heavy atom. The van der Waals surface area contributed by atoms with Crippen LogP contribution in [0.15, 0.2) is 271 Å². The Labute approximate surface area is 417 Å². The second-order valence-corrected chi connectivity index (χ2v) is 24.1. The minimum absolute atomic E-state index is 0.169. The summed E-state index contributed by atoms with van der Waals surface area (Å²) in [6.07, 6.45) is 1.65. The molecule has 0 aromatic heterocycles. The molecule has 0 saturated carbocycles. The normalized spacial score (nSPS) is 12.5. The summed E-state index contributed by atoms with van der Waals surface area (Å²) in [4.78, 5) is 28.3. The van der Waals surface area contributed by atoms with E-state index in [0.29, 0.717) is 48.8 Å². The van der Waals surface area contributed by atoms with E-state index in [9.17, 15) is 9.59 Å². The molecule has 0 atom stereocenters. The molecule has 9 aromatic carbocycles. The standard InChI is InChI=1S/C62H51N3O4Si2/c66-61-58-33-19-20-34-59(58)62(67)60(61)47-48-35-37-49(38-36-48)63-64-50-39-41-51(42-40-50)65(43-45-68-70(52-21-7-1-8-22-52,53-23-9-2-10-24-53)54-25-11-3-12-26-54)44-46-69-71(55-27-13-4-14-28-55,56-29-15-5-16-30-56)57-31-17-6-18-32-57/h1-42,47H,43-46H2. The first-order valence-electron chi connectivity index (χ1n) is 23.9. The van der Waals surface area contributed by atoms with Gasteiger partial charge in [0.15, 0.2) is 11.6 Å². The van der Waals surface area contributed by atoms with Crippen LogP contribution in [-0.2, 0) is 8.85 Å². The van der Waals surface area contributed by atoms with Crippen LogP contribution >= 0.6 is 0 Å². The van der Waals surface area contributed by atoms with Gasteiger partial charge >= 0.3 is 0 Å². The maximum Gasteiger partial charge on any atom is 0.288 e. The van der Waals surface area contributed by atoms with Crippen molar-refractivity contribution in [3.8, 4) is 0 Å². The van der Waals surface area contributed by atoms with Crippen LogP contribution in [0.5, 0.6) is 0 Å². The van der Waals surface area contributed by atoms with Crippen LogP contribution < -0.4 is 36.0 Å². The van der Waals surface area contributed by atoms with Crippen LogP contribution in [-0.4, -0.2) is 54.5 Å². The monoisotopic (exact) mass is 957 g/mol. The topological polar surface area (TPSA) is 80.6 Å². The number of benzene rings is 9. The number of fused-ring (bicyclic) bond motifs is 1. The summed E-state index contributed by atoms with van der Waals surface area (Å²) < 4.78 is 14.9. The molecule has 0 heterocycles. The molecule has 0 fully saturated rings. The fourth-order valence-corrected chi connectivity index (χ4v) is 17.3. The SMILES string of the molecule is O=C1C(=Cc2ccc(N=Nc3ccc(N(CCO[Si](c4ccccc4)(c4ccccc4)c4ccccc4)CCO[Si](c4ccccc4)(c4ccccc4)c4ccccc4)cc3)cc2)C(=O)c2ccccc21. The van der Waals surface area contributed by atoms with Gasteiger partial charge in [-0.05, 0) is 79.2 Å². The van der Waals surface area contributed by atoms with Crippen LogP contribution in [0.1, 0.15) is 26.3 Å². The predicted molar refractivity (Wildman–Crippen MR) is 292 cm³/mol. The number of carbonyl (C=O) groups is 2. The van der Waals surface area contributed by atoms with Gasteiger partial charge in [0.1, 0.15) is 0 Å². The Hall–Kier alpha value is -8.19. The average molecular weight is 958 g/mol. The van der Waals surface area contributed by atoms with E-state index in [4.69, 9.17) is 8.85 Å². The molecule has 0 aliphatic heterocycles. The van der Waals surface area contributed by atoms with Crippen LogP contribution in [0.4, 0.5) is 17.1 Å². The first-order valence-corrected chi connectivity index (χ1v) is 27.7. The summed E-state index contributed by atoms with van der Waals surface area (Å²) in [6, 6.07) is 86.5. The Balaban J connectivity index is 0.938. The number of Topliss-reactive ketones (excluding diaryl/α,β-unsaturated/α-hetero) is 2. The Bertz CT molecular complexity index is 2910. The Kier molecular flexibility index (Phi) is 14.2. The van der Waals surface area contributed by atoms with Crippen molar-refractivity contribution in [3.05, 3.63) is 277 Å². The van der Waals surface area contributed by atoms with Gasteiger partial charge in [0.05, 0.1) is 30.2 Å². The molecule has 0 radical (unpaired) electrons.